The van der Waals surface area contributed by atoms with Crippen LogP contribution in [0.15, 0.2) is 0 Å². The number of carbonyl (C=O) groups is 1. The predicted octanol–water partition coefficient (Wildman–Crippen LogP) is 2.05. The monoisotopic (exact) mass is 284 g/mol. The quantitative estimate of drug-likeness (QED) is 0.670. The Kier molecular flexibility index (Phi) is 6.96. The van der Waals surface area contributed by atoms with Gasteiger partial charge in [-0.3, -0.25) is 4.79 Å². The van der Waals surface area contributed by atoms with E-state index in [1.165, 1.54) is 6.42 Å². The number of hydrogen-bond donors (Lipinski definition) is 3. The molecule has 0 aromatic carbocycles. The third-order valence-corrected chi connectivity index (χ3v) is 4.62. The van der Waals surface area contributed by atoms with Crippen LogP contribution in [-0.2, 0) is 4.79 Å². The summed E-state index contributed by atoms with van der Waals surface area (Å²) in [7, 11) is 0. The molecular weight excluding hydrogens is 252 g/mol. The zero-order valence-electron chi connectivity index (χ0n) is 13.3. The van der Waals surface area contributed by atoms with Gasteiger partial charge in [0.25, 0.3) is 0 Å². The second-order valence-corrected chi connectivity index (χ2v) is 6.86. The molecule has 20 heavy (non-hydrogen) atoms. The molecule has 0 heterocycles. The highest BCUT2D eigenvalue weighted by atomic mass is 16.3. The minimum Gasteiger partial charge on any atom is -0.388 e. The molecule has 0 saturated heterocycles. The topological polar surface area (TPSA) is 75.3 Å². The molecule has 0 aliphatic heterocycles. The average Bonchev–Trinajstić information content (AvgIpc) is 2.43. The Balaban J connectivity index is 2.39. The molecule has 0 radical (unpaired) electrons. The van der Waals surface area contributed by atoms with Gasteiger partial charge in [0, 0.05) is 13.1 Å². The normalized spacial score (nSPS) is 28.4. The summed E-state index contributed by atoms with van der Waals surface area (Å²) in [5.41, 5.74) is 4.97. The standard InChI is InChI=1S/C16H32N2O2/c1-4-13-5-7-16(20,8-6-13)11-18-15(19)14(10-17)9-12(2)3/h12-14,20H,4-11,17H2,1-3H3,(H,18,19). The highest BCUT2D eigenvalue weighted by molar-refractivity contribution is 5.78. The van der Waals surface area contributed by atoms with Gasteiger partial charge in [-0.15, -0.1) is 0 Å². The van der Waals surface area contributed by atoms with E-state index in [0.717, 1.165) is 38.0 Å². The molecule has 0 aromatic heterocycles. The highest BCUT2D eigenvalue weighted by Crippen LogP contribution is 2.33. The zero-order valence-corrected chi connectivity index (χ0v) is 13.3. The molecule has 0 aromatic rings. The van der Waals surface area contributed by atoms with Gasteiger partial charge in [-0.25, -0.2) is 0 Å². The Labute approximate surface area is 123 Å². The second kappa shape index (κ2) is 7.99. The first kappa shape index (κ1) is 17.4. The van der Waals surface area contributed by atoms with Gasteiger partial charge in [0.15, 0.2) is 0 Å². The first-order chi connectivity index (χ1) is 9.40. The molecule has 1 unspecified atom stereocenters. The van der Waals surface area contributed by atoms with Crippen molar-refractivity contribution in [1.82, 2.24) is 5.32 Å². The van der Waals surface area contributed by atoms with Crippen LogP contribution in [0.3, 0.4) is 0 Å². The summed E-state index contributed by atoms with van der Waals surface area (Å²) in [5, 5.41) is 13.4. The summed E-state index contributed by atoms with van der Waals surface area (Å²) < 4.78 is 0. The molecule has 1 fully saturated rings. The summed E-state index contributed by atoms with van der Waals surface area (Å²) in [6.45, 7) is 7.14. The number of carbonyl (C=O) groups excluding carboxylic acids is 1. The van der Waals surface area contributed by atoms with Crippen LogP contribution in [0.5, 0.6) is 0 Å². The van der Waals surface area contributed by atoms with E-state index in [-0.39, 0.29) is 11.8 Å². The van der Waals surface area contributed by atoms with Crippen molar-refractivity contribution in [3.05, 3.63) is 0 Å². The van der Waals surface area contributed by atoms with E-state index in [1.54, 1.807) is 0 Å². The number of hydrogen-bond acceptors (Lipinski definition) is 3. The van der Waals surface area contributed by atoms with Crippen molar-refractivity contribution in [2.24, 2.45) is 23.5 Å². The number of nitrogens with one attached hydrogen (secondary N) is 1. The lowest BCUT2D eigenvalue weighted by atomic mass is 9.78. The van der Waals surface area contributed by atoms with Crippen molar-refractivity contribution in [2.45, 2.75) is 64.9 Å². The Morgan fingerprint density at radius 3 is 2.45 bits per heavy atom. The van der Waals surface area contributed by atoms with Crippen molar-refractivity contribution in [3.8, 4) is 0 Å². The first-order valence-electron chi connectivity index (χ1n) is 8.10. The molecule has 1 rings (SSSR count). The first-order valence-corrected chi connectivity index (χ1v) is 8.10. The van der Waals surface area contributed by atoms with Crippen LogP contribution >= 0.6 is 0 Å². The van der Waals surface area contributed by atoms with Crippen LogP contribution in [0.25, 0.3) is 0 Å². The van der Waals surface area contributed by atoms with Crippen LogP contribution in [0.1, 0.15) is 59.3 Å². The highest BCUT2D eigenvalue weighted by Gasteiger charge is 2.33. The van der Waals surface area contributed by atoms with Crippen molar-refractivity contribution in [1.29, 1.82) is 0 Å². The number of aliphatic hydroxyl groups is 1. The van der Waals surface area contributed by atoms with Gasteiger partial charge in [0.05, 0.1) is 11.5 Å². The molecule has 4 N–H and O–H groups in total. The van der Waals surface area contributed by atoms with Crippen LogP contribution in [0.4, 0.5) is 0 Å². The molecular formula is C16H32N2O2. The maximum atomic E-state index is 12.1. The fraction of sp³-hybridized carbons (Fsp3) is 0.938. The molecule has 1 aliphatic rings. The average molecular weight is 284 g/mol. The third-order valence-electron chi connectivity index (χ3n) is 4.62. The maximum Gasteiger partial charge on any atom is 0.224 e. The summed E-state index contributed by atoms with van der Waals surface area (Å²) in [5.74, 6) is 1.05. The van der Waals surface area contributed by atoms with Crippen LogP contribution in [0, 0.1) is 17.8 Å². The maximum absolute atomic E-state index is 12.1. The number of rotatable bonds is 7. The second-order valence-electron chi connectivity index (χ2n) is 6.86. The smallest absolute Gasteiger partial charge is 0.224 e. The molecule has 1 saturated carbocycles. The van der Waals surface area contributed by atoms with Gasteiger partial charge in [0.2, 0.25) is 5.91 Å². The SMILES string of the molecule is CCC1CCC(O)(CNC(=O)C(CN)CC(C)C)CC1. The fourth-order valence-electron chi connectivity index (χ4n) is 3.08. The van der Waals surface area contributed by atoms with E-state index in [4.69, 9.17) is 5.73 Å². The lowest BCUT2D eigenvalue weighted by molar-refractivity contribution is -0.127. The molecule has 4 nitrogen and oxygen atoms in total. The lowest BCUT2D eigenvalue weighted by Gasteiger charge is -2.36. The summed E-state index contributed by atoms with van der Waals surface area (Å²) in [6, 6.07) is 0. The number of nitrogens with two attached hydrogens (primary N) is 1. The van der Waals surface area contributed by atoms with E-state index < -0.39 is 5.60 Å². The Morgan fingerprint density at radius 1 is 1.40 bits per heavy atom. The Morgan fingerprint density at radius 2 is 2.00 bits per heavy atom. The summed E-state index contributed by atoms with van der Waals surface area (Å²) >= 11 is 0. The fourth-order valence-corrected chi connectivity index (χ4v) is 3.08. The summed E-state index contributed by atoms with van der Waals surface area (Å²) in [4.78, 5) is 12.1. The summed E-state index contributed by atoms with van der Waals surface area (Å²) in [6.07, 6.45) is 5.71. The lowest BCUT2D eigenvalue weighted by Crippen LogP contribution is -2.47. The zero-order chi connectivity index (χ0) is 15.2. The molecule has 1 amide bonds. The van der Waals surface area contributed by atoms with Gasteiger partial charge in [-0.2, -0.15) is 0 Å². The van der Waals surface area contributed by atoms with Gasteiger partial charge in [-0.1, -0.05) is 27.2 Å². The Hall–Kier alpha value is -0.610. The molecule has 1 aliphatic carbocycles. The van der Waals surface area contributed by atoms with Crippen LogP contribution in [-0.4, -0.2) is 29.7 Å². The van der Waals surface area contributed by atoms with Crippen molar-refractivity contribution in [3.63, 3.8) is 0 Å². The van der Waals surface area contributed by atoms with Crippen LogP contribution in [0.2, 0.25) is 0 Å². The molecule has 0 bridgehead atoms. The van der Waals surface area contributed by atoms with Gasteiger partial charge in [-0.05, 0) is 43.9 Å². The van der Waals surface area contributed by atoms with Crippen molar-refractivity contribution >= 4 is 5.91 Å². The third kappa shape index (κ3) is 5.41. The van der Waals surface area contributed by atoms with Crippen molar-refractivity contribution in [2.75, 3.05) is 13.1 Å². The van der Waals surface area contributed by atoms with E-state index in [0.29, 0.717) is 19.0 Å². The van der Waals surface area contributed by atoms with E-state index in [9.17, 15) is 9.90 Å². The molecule has 0 spiro atoms. The molecule has 118 valence electrons. The predicted molar refractivity (Wildman–Crippen MR) is 82.2 cm³/mol. The van der Waals surface area contributed by atoms with E-state index in [1.807, 2.05) is 0 Å². The van der Waals surface area contributed by atoms with Crippen molar-refractivity contribution < 1.29 is 9.90 Å². The minimum atomic E-state index is -0.710. The minimum absolute atomic E-state index is 0.00719. The van der Waals surface area contributed by atoms with E-state index in [2.05, 4.69) is 26.1 Å². The van der Waals surface area contributed by atoms with Crippen LogP contribution < -0.4 is 11.1 Å². The largest absolute Gasteiger partial charge is 0.388 e. The Bertz CT molecular complexity index is 297. The van der Waals surface area contributed by atoms with Gasteiger partial charge in [0.1, 0.15) is 0 Å². The molecule has 4 heteroatoms. The van der Waals surface area contributed by atoms with Gasteiger partial charge < -0.3 is 16.2 Å². The molecule has 1 atom stereocenters. The van der Waals surface area contributed by atoms with Gasteiger partial charge >= 0.3 is 0 Å². The van der Waals surface area contributed by atoms with E-state index >= 15 is 0 Å². The number of amides is 1.